The second kappa shape index (κ2) is 5.69. The smallest absolute Gasteiger partial charge is 0.294 e. The summed E-state index contributed by atoms with van der Waals surface area (Å²) in [7, 11) is -5.81. The molecule has 0 unspecified atom stereocenters. The number of rotatable bonds is 3. The average molecular weight is 362 g/mol. The Morgan fingerprint density at radius 3 is 2.09 bits per heavy atom. The first-order valence-corrected chi connectivity index (χ1v) is 7.66. The number of hydrogen-bond acceptors (Lipinski definition) is 3. The molecule has 0 amide bonds. The van der Waals surface area contributed by atoms with Gasteiger partial charge in [0.2, 0.25) is 0 Å². The number of halogens is 5. The predicted molar refractivity (Wildman–Crippen MR) is 73.8 cm³/mol. The lowest BCUT2D eigenvalue weighted by Crippen LogP contribution is -2.30. The molecule has 0 aromatic heterocycles. The van der Waals surface area contributed by atoms with Gasteiger partial charge in [-0.2, -0.15) is 21.6 Å². The summed E-state index contributed by atoms with van der Waals surface area (Å²) in [6, 6.07) is 1.23. The minimum Gasteiger partial charge on any atom is -0.294 e. The van der Waals surface area contributed by atoms with Gasteiger partial charge in [0, 0.05) is 11.0 Å². The summed E-state index contributed by atoms with van der Waals surface area (Å²) in [5.41, 5.74) is -7.85. The molecule has 1 N–H and O–H groups in total. The van der Waals surface area contributed by atoms with Crippen molar-refractivity contribution in [2.75, 3.05) is 4.72 Å². The molecule has 10 heteroatoms. The monoisotopic (exact) mass is 361 g/mol. The normalized spacial score (nSPS) is 13.1. The maximum atomic E-state index is 13.6. The van der Waals surface area contributed by atoms with Gasteiger partial charge in [-0.25, -0.2) is 4.39 Å². The van der Waals surface area contributed by atoms with Crippen molar-refractivity contribution in [3.63, 3.8) is 0 Å². The lowest BCUT2D eigenvalue weighted by molar-refractivity contribution is -0.0429. The van der Waals surface area contributed by atoms with Crippen molar-refractivity contribution in [1.29, 1.82) is 0 Å². The lowest BCUT2D eigenvalue weighted by Gasteiger charge is -2.19. The van der Waals surface area contributed by atoms with Crippen LogP contribution in [0.3, 0.4) is 0 Å². The number of alkyl halides is 3. The molecule has 124 valence electrons. The van der Waals surface area contributed by atoms with E-state index in [4.69, 9.17) is 11.6 Å². The molecular formula is C12H12ClF4NO3S. The Balaban J connectivity index is 3.39. The third kappa shape index (κ3) is 3.89. The van der Waals surface area contributed by atoms with E-state index in [0.29, 0.717) is 12.1 Å². The number of nitrogens with one attached hydrogen (secondary N) is 1. The third-order valence-corrected chi connectivity index (χ3v) is 3.94. The van der Waals surface area contributed by atoms with E-state index in [2.05, 4.69) is 0 Å². The van der Waals surface area contributed by atoms with Gasteiger partial charge in [0.25, 0.3) is 0 Å². The summed E-state index contributed by atoms with van der Waals surface area (Å²) in [4.78, 5) is 12.1. The molecule has 0 fully saturated rings. The highest BCUT2D eigenvalue weighted by molar-refractivity contribution is 7.93. The van der Waals surface area contributed by atoms with Gasteiger partial charge in [-0.05, 0) is 12.1 Å². The van der Waals surface area contributed by atoms with E-state index < -0.39 is 38.2 Å². The molecule has 0 saturated carbocycles. The van der Waals surface area contributed by atoms with Crippen LogP contribution in [0, 0.1) is 11.2 Å². The molecule has 0 radical (unpaired) electrons. The van der Waals surface area contributed by atoms with Crippen molar-refractivity contribution in [2.45, 2.75) is 26.3 Å². The Morgan fingerprint density at radius 2 is 1.68 bits per heavy atom. The van der Waals surface area contributed by atoms with Gasteiger partial charge < -0.3 is 0 Å². The van der Waals surface area contributed by atoms with E-state index in [1.165, 1.54) is 20.8 Å². The van der Waals surface area contributed by atoms with E-state index in [1.807, 2.05) is 0 Å². The van der Waals surface area contributed by atoms with Crippen LogP contribution in [0.1, 0.15) is 31.1 Å². The minimum atomic E-state index is -5.81. The summed E-state index contributed by atoms with van der Waals surface area (Å²) in [6.45, 7) is 4.57. The molecule has 0 spiro atoms. The molecule has 0 aliphatic heterocycles. The summed E-state index contributed by atoms with van der Waals surface area (Å²) in [5, 5.41) is -0.326. The van der Waals surface area contributed by atoms with Crippen LogP contribution in [0.2, 0.25) is 5.02 Å². The van der Waals surface area contributed by atoms with Crippen LogP contribution in [0.25, 0.3) is 0 Å². The largest absolute Gasteiger partial charge is 0.516 e. The van der Waals surface area contributed by atoms with Gasteiger partial charge in [0.1, 0.15) is 5.82 Å². The predicted octanol–water partition coefficient (Wildman–Crippen LogP) is 3.97. The van der Waals surface area contributed by atoms with Gasteiger partial charge in [0.05, 0.1) is 10.7 Å². The maximum absolute atomic E-state index is 13.6. The molecule has 0 saturated heterocycles. The van der Waals surface area contributed by atoms with Crippen LogP contribution in [0.4, 0.5) is 23.2 Å². The van der Waals surface area contributed by atoms with Crippen molar-refractivity contribution < 1.29 is 30.8 Å². The summed E-state index contributed by atoms with van der Waals surface area (Å²) < 4.78 is 73.7. The van der Waals surface area contributed by atoms with Gasteiger partial charge >= 0.3 is 15.5 Å². The minimum absolute atomic E-state index is 0.282. The van der Waals surface area contributed by atoms with Crippen LogP contribution in [-0.2, 0) is 10.0 Å². The molecule has 0 aliphatic rings. The maximum Gasteiger partial charge on any atom is 0.516 e. The lowest BCUT2D eigenvalue weighted by atomic mass is 9.86. The number of anilines is 1. The van der Waals surface area contributed by atoms with Crippen LogP contribution in [0.15, 0.2) is 12.1 Å². The summed E-state index contributed by atoms with van der Waals surface area (Å²) >= 11 is 5.70. The van der Waals surface area contributed by atoms with E-state index in [1.54, 1.807) is 0 Å². The highest BCUT2D eigenvalue weighted by Gasteiger charge is 2.46. The molecule has 1 rings (SSSR count). The molecule has 0 aliphatic carbocycles. The van der Waals surface area contributed by atoms with Crippen molar-refractivity contribution >= 4 is 33.1 Å². The van der Waals surface area contributed by atoms with Gasteiger partial charge in [-0.3, -0.25) is 9.52 Å². The number of ketones is 1. The Hall–Kier alpha value is -1.35. The van der Waals surface area contributed by atoms with Gasteiger partial charge in [0.15, 0.2) is 5.78 Å². The van der Waals surface area contributed by atoms with Crippen LogP contribution < -0.4 is 4.72 Å². The first kappa shape index (κ1) is 18.7. The van der Waals surface area contributed by atoms with Crippen LogP contribution >= 0.6 is 11.6 Å². The Kier molecular flexibility index (Phi) is 4.84. The number of Topliss-reactive ketones (excluding diaryl/α,β-unsaturated/α-hetero) is 1. The number of sulfonamides is 1. The quantitative estimate of drug-likeness (QED) is 0.654. The fourth-order valence-corrected chi connectivity index (χ4v) is 2.21. The van der Waals surface area contributed by atoms with E-state index in [-0.39, 0.29) is 10.6 Å². The molecule has 0 atom stereocenters. The van der Waals surface area contributed by atoms with Crippen LogP contribution in [0.5, 0.6) is 0 Å². The highest BCUT2D eigenvalue weighted by Crippen LogP contribution is 2.32. The molecule has 1 aromatic carbocycles. The highest BCUT2D eigenvalue weighted by atomic mass is 35.5. The van der Waals surface area contributed by atoms with Crippen LogP contribution in [-0.4, -0.2) is 19.7 Å². The summed E-state index contributed by atoms with van der Waals surface area (Å²) in [5.74, 6) is -1.91. The first-order chi connectivity index (χ1) is 9.67. The molecular weight excluding hydrogens is 350 g/mol. The second-order valence-corrected chi connectivity index (χ2v) is 7.52. The average Bonchev–Trinajstić information content (AvgIpc) is 2.29. The zero-order chi connectivity index (χ0) is 17.5. The Bertz CT molecular complexity index is 708. The zero-order valence-electron chi connectivity index (χ0n) is 11.7. The SMILES string of the molecule is CC(C)(C)C(=O)c1cc(NS(=O)(=O)C(F)(F)F)c(F)cc1Cl. The topological polar surface area (TPSA) is 63.2 Å². The van der Waals surface area contributed by atoms with Crippen molar-refractivity contribution in [3.8, 4) is 0 Å². The zero-order valence-corrected chi connectivity index (χ0v) is 13.2. The fraction of sp³-hybridized carbons (Fsp3) is 0.417. The number of carbonyl (C=O) groups is 1. The fourth-order valence-electron chi connectivity index (χ4n) is 1.41. The molecule has 4 nitrogen and oxygen atoms in total. The second-order valence-electron chi connectivity index (χ2n) is 5.44. The van der Waals surface area contributed by atoms with E-state index in [0.717, 1.165) is 4.72 Å². The Morgan fingerprint density at radius 1 is 1.18 bits per heavy atom. The summed E-state index contributed by atoms with van der Waals surface area (Å²) in [6.07, 6.45) is 0. The third-order valence-electron chi connectivity index (χ3n) is 2.53. The van der Waals surface area contributed by atoms with Crippen molar-refractivity contribution in [1.82, 2.24) is 0 Å². The Labute approximate surface area is 129 Å². The van der Waals surface area contributed by atoms with E-state index in [9.17, 15) is 30.8 Å². The number of hydrogen-bond donors (Lipinski definition) is 1. The van der Waals surface area contributed by atoms with Crippen molar-refractivity contribution in [2.24, 2.45) is 5.41 Å². The molecule has 0 bridgehead atoms. The number of benzene rings is 1. The molecule has 22 heavy (non-hydrogen) atoms. The molecule has 1 aromatic rings. The van der Waals surface area contributed by atoms with Gasteiger partial charge in [-0.1, -0.05) is 32.4 Å². The number of carbonyl (C=O) groups excluding carboxylic acids is 1. The molecule has 0 heterocycles. The van der Waals surface area contributed by atoms with Gasteiger partial charge in [-0.15, -0.1) is 0 Å². The standard InChI is InChI=1S/C12H12ClF4NO3S/c1-11(2,3)10(19)6-4-9(8(14)5-7(6)13)18-22(20,21)12(15,16)17/h4-5,18H,1-3H3. The first-order valence-electron chi connectivity index (χ1n) is 5.80. The van der Waals surface area contributed by atoms with Crippen molar-refractivity contribution in [3.05, 3.63) is 28.5 Å². The van der Waals surface area contributed by atoms with E-state index >= 15 is 0 Å².